The number of carbonyl (C=O) groups excluding carboxylic acids is 1. The highest BCUT2D eigenvalue weighted by Crippen LogP contribution is 2.33. The topological polar surface area (TPSA) is 87.0 Å². The Hall–Kier alpha value is -3.09. The van der Waals surface area contributed by atoms with Crippen LogP contribution in [0.1, 0.15) is 6.17 Å². The number of aliphatic hydroxyl groups is 1. The van der Waals surface area contributed by atoms with Gasteiger partial charge in [-0.05, 0) is 24.3 Å². The maximum atomic E-state index is 12.2. The largest absolute Gasteiger partial charge is 0.508 e. The van der Waals surface area contributed by atoms with Crippen LogP contribution < -0.4 is 4.90 Å². The van der Waals surface area contributed by atoms with Gasteiger partial charge in [-0.15, -0.1) is 0 Å². The van der Waals surface area contributed by atoms with E-state index in [1.54, 1.807) is 30.9 Å². The second kappa shape index (κ2) is 4.20. The normalized spacial score (nSPS) is 18.5. The number of aliphatic hydroxyl groups excluding tert-OH is 1. The van der Waals surface area contributed by atoms with Crippen LogP contribution in [0.5, 0.6) is 0 Å². The van der Waals surface area contributed by atoms with Crippen molar-refractivity contribution in [2.75, 3.05) is 4.90 Å². The number of rotatable bonds is 2. The van der Waals surface area contributed by atoms with Gasteiger partial charge in [-0.3, -0.25) is 9.69 Å². The summed E-state index contributed by atoms with van der Waals surface area (Å²) in [5.74, 6) is -0.319. The van der Waals surface area contributed by atoms with Gasteiger partial charge in [-0.2, -0.15) is 5.10 Å². The third-order valence-corrected chi connectivity index (χ3v) is 3.48. The van der Waals surface area contributed by atoms with E-state index in [1.165, 1.54) is 15.7 Å². The van der Waals surface area contributed by atoms with Crippen molar-refractivity contribution in [3.63, 3.8) is 0 Å². The summed E-state index contributed by atoms with van der Waals surface area (Å²) in [6.45, 7) is 0. The van der Waals surface area contributed by atoms with Crippen LogP contribution in [0.2, 0.25) is 0 Å². The van der Waals surface area contributed by atoms with Gasteiger partial charge >= 0.3 is 0 Å². The van der Waals surface area contributed by atoms with E-state index in [2.05, 4.69) is 15.1 Å². The van der Waals surface area contributed by atoms with Crippen LogP contribution in [0.4, 0.5) is 5.69 Å². The number of hydrogen-bond donors (Lipinski definition) is 2. The summed E-state index contributed by atoms with van der Waals surface area (Å²) in [5, 5.41) is 14.2. The Balaban J connectivity index is 1.83. The van der Waals surface area contributed by atoms with Crippen molar-refractivity contribution >= 4 is 22.6 Å². The molecule has 0 bridgehead atoms. The first kappa shape index (κ1) is 11.7. The Bertz CT molecular complexity index is 849. The fourth-order valence-electron chi connectivity index (χ4n) is 2.54. The van der Waals surface area contributed by atoms with Crippen molar-refractivity contribution < 1.29 is 9.90 Å². The highest BCUT2D eigenvalue weighted by Gasteiger charge is 2.35. The number of imidazole rings is 1. The van der Waals surface area contributed by atoms with Crippen molar-refractivity contribution in [1.82, 2.24) is 19.7 Å². The maximum Gasteiger partial charge on any atom is 0.256 e. The van der Waals surface area contributed by atoms with E-state index in [0.717, 1.165) is 11.0 Å². The van der Waals surface area contributed by atoms with Crippen LogP contribution in [0.15, 0.2) is 54.8 Å². The molecule has 1 aliphatic rings. The number of hydrogen-bond acceptors (Lipinski definition) is 4. The molecule has 0 saturated heterocycles. The molecule has 0 aliphatic carbocycles. The predicted octanol–water partition coefficient (Wildman–Crippen LogP) is 1.75. The third kappa shape index (κ3) is 1.71. The van der Waals surface area contributed by atoms with Crippen LogP contribution in [0.25, 0.3) is 11.0 Å². The molecule has 21 heavy (non-hydrogen) atoms. The lowest BCUT2D eigenvalue weighted by Gasteiger charge is -2.25. The highest BCUT2D eigenvalue weighted by molar-refractivity contribution is 6.05. The number of amides is 1. The molecule has 7 nitrogen and oxygen atoms in total. The Morgan fingerprint density at radius 3 is 3.05 bits per heavy atom. The monoisotopic (exact) mass is 281 g/mol. The van der Waals surface area contributed by atoms with E-state index < -0.39 is 6.17 Å². The Morgan fingerprint density at radius 1 is 1.33 bits per heavy atom. The summed E-state index contributed by atoms with van der Waals surface area (Å²) in [6, 6.07) is 7.18. The molecule has 1 aliphatic heterocycles. The van der Waals surface area contributed by atoms with Gasteiger partial charge in [0.1, 0.15) is 5.76 Å². The number of aromatic nitrogens is 4. The Morgan fingerprint density at radius 2 is 2.24 bits per heavy atom. The minimum Gasteiger partial charge on any atom is -0.508 e. The number of aromatic amines is 1. The lowest BCUT2D eigenvalue weighted by molar-refractivity contribution is -0.114. The van der Waals surface area contributed by atoms with E-state index in [0.29, 0.717) is 5.69 Å². The number of carbonyl (C=O) groups is 1. The molecule has 3 aromatic rings. The molecule has 1 atom stereocenters. The van der Waals surface area contributed by atoms with E-state index in [9.17, 15) is 9.90 Å². The number of nitrogens with one attached hydrogen (secondary N) is 1. The van der Waals surface area contributed by atoms with E-state index >= 15 is 0 Å². The van der Waals surface area contributed by atoms with Crippen molar-refractivity contribution in [3.8, 4) is 0 Å². The molecule has 104 valence electrons. The van der Waals surface area contributed by atoms with Crippen molar-refractivity contribution in [1.29, 1.82) is 0 Å². The average Bonchev–Trinajstić information content (AvgIpc) is 3.17. The summed E-state index contributed by atoms with van der Waals surface area (Å²) < 4.78 is 1.54. The molecule has 0 spiro atoms. The summed E-state index contributed by atoms with van der Waals surface area (Å²) >= 11 is 0. The molecule has 1 amide bonds. The first-order valence-electron chi connectivity index (χ1n) is 6.40. The molecule has 0 radical (unpaired) electrons. The molecule has 3 heterocycles. The lowest BCUT2D eigenvalue weighted by atomic mass is 10.2. The van der Waals surface area contributed by atoms with Crippen LogP contribution in [-0.2, 0) is 4.79 Å². The minimum atomic E-state index is -0.659. The van der Waals surface area contributed by atoms with Gasteiger partial charge in [-0.25, -0.2) is 9.67 Å². The molecule has 0 fully saturated rings. The van der Waals surface area contributed by atoms with Gasteiger partial charge in [-0.1, -0.05) is 0 Å². The molecule has 1 aromatic carbocycles. The highest BCUT2D eigenvalue weighted by atomic mass is 16.3. The number of benzene rings is 1. The number of anilines is 1. The number of H-pyrrole nitrogens is 1. The van der Waals surface area contributed by atoms with Gasteiger partial charge in [0.25, 0.3) is 5.91 Å². The zero-order chi connectivity index (χ0) is 14.4. The molecule has 1 unspecified atom stereocenters. The second-order valence-electron chi connectivity index (χ2n) is 4.74. The van der Waals surface area contributed by atoms with E-state index in [1.807, 2.05) is 12.1 Å². The minimum absolute atomic E-state index is 0.0339. The second-order valence-corrected chi connectivity index (χ2v) is 4.74. The SMILES string of the molecule is O=C1C=C(O)C(n2cccn2)N1c1ccc2nc[nH]c2c1. The van der Waals surface area contributed by atoms with Crippen molar-refractivity contribution in [2.45, 2.75) is 6.17 Å². The molecular weight excluding hydrogens is 270 g/mol. The standard InChI is InChI=1S/C14H11N5O2/c20-12-7-13(21)19(14(12)18-5-1-4-17-18)9-2-3-10-11(6-9)16-8-15-10/h1-8,14,20H,(H,15,16). The summed E-state index contributed by atoms with van der Waals surface area (Å²) in [4.78, 5) is 20.8. The molecule has 2 aromatic heterocycles. The Labute approximate surface area is 119 Å². The first-order chi connectivity index (χ1) is 10.2. The molecule has 4 rings (SSSR count). The lowest BCUT2D eigenvalue weighted by Crippen LogP contribution is -2.33. The van der Waals surface area contributed by atoms with E-state index in [4.69, 9.17) is 0 Å². The van der Waals surface area contributed by atoms with Crippen LogP contribution >= 0.6 is 0 Å². The number of fused-ring (bicyclic) bond motifs is 1. The summed E-state index contributed by atoms with van der Waals surface area (Å²) in [6.07, 6.45) is 5.46. The van der Waals surface area contributed by atoms with Crippen LogP contribution in [-0.4, -0.2) is 30.8 Å². The van der Waals surface area contributed by atoms with Crippen LogP contribution in [0, 0.1) is 0 Å². The average molecular weight is 281 g/mol. The third-order valence-electron chi connectivity index (χ3n) is 3.48. The number of nitrogens with zero attached hydrogens (tertiary/aromatic N) is 4. The van der Waals surface area contributed by atoms with Gasteiger partial charge in [0.15, 0.2) is 6.17 Å². The van der Waals surface area contributed by atoms with Crippen molar-refractivity contribution in [3.05, 3.63) is 54.8 Å². The van der Waals surface area contributed by atoms with E-state index in [-0.39, 0.29) is 11.7 Å². The van der Waals surface area contributed by atoms with Gasteiger partial charge < -0.3 is 10.1 Å². The summed E-state index contributed by atoms with van der Waals surface area (Å²) in [5.41, 5.74) is 2.31. The Kier molecular flexibility index (Phi) is 2.34. The molecular formula is C14H11N5O2. The fourth-order valence-corrected chi connectivity index (χ4v) is 2.54. The smallest absolute Gasteiger partial charge is 0.256 e. The predicted molar refractivity (Wildman–Crippen MR) is 75.6 cm³/mol. The quantitative estimate of drug-likeness (QED) is 0.749. The van der Waals surface area contributed by atoms with Gasteiger partial charge in [0.05, 0.1) is 17.4 Å². The fraction of sp³-hybridized carbons (Fsp3) is 0.0714. The zero-order valence-electron chi connectivity index (χ0n) is 10.8. The molecule has 0 saturated carbocycles. The molecule has 7 heteroatoms. The summed E-state index contributed by atoms with van der Waals surface area (Å²) in [7, 11) is 0. The maximum absolute atomic E-state index is 12.2. The van der Waals surface area contributed by atoms with Gasteiger partial charge in [0.2, 0.25) is 0 Å². The molecule has 2 N–H and O–H groups in total. The van der Waals surface area contributed by atoms with Crippen molar-refractivity contribution in [2.24, 2.45) is 0 Å². The zero-order valence-corrected chi connectivity index (χ0v) is 10.8. The van der Waals surface area contributed by atoms with Gasteiger partial charge in [0, 0.05) is 24.2 Å². The van der Waals surface area contributed by atoms with Crippen LogP contribution in [0.3, 0.4) is 0 Å². The first-order valence-corrected chi connectivity index (χ1v) is 6.40.